The SMILES string of the molecule is CC1CCC(NC(=O)C(C)C2CNC2)C(C)C1. The highest BCUT2D eigenvalue weighted by atomic mass is 16.1. The Balaban J connectivity index is 1.81. The van der Waals surface area contributed by atoms with Crippen molar-refractivity contribution in [1.82, 2.24) is 10.6 Å². The standard InChI is InChI=1S/C14H26N2O/c1-9-4-5-13(10(2)6-9)16-14(17)11(3)12-7-15-8-12/h9-13,15H,4-8H2,1-3H3,(H,16,17). The van der Waals surface area contributed by atoms with Gasteiger partial charge in [0.15, 0.2) is 0 Å². The van der Waals surface area contributed by atoms with Crippen LogP contribution in [0.5, 0.6) is 0 Å². The molecule has 4 unspecified atom stereocenters. The van der Waals surface area contributed by atoms with E-state index >= 15 is 0 Å². The Labute approximate surface area is 105 Å². The molecule has 1 amide bonds. The molecule has 0 bridgehead atoms. The van der Waals surface area contributed by atoms with E-state index in [1.54, 1.807) is 0 Å². The van der Waals surface area contributed by atoms with E-state index in [-0.39, 0.29) is 11.8 Å². The number of nitrogens with one attached hydrogen (secondary N) is 2. The van der Waals surface area contributed by atoms with Gasteiger partial charge in [0.2, 0.25) is 5.91 Å². The van der Waals surface area contributed by atoms with Crippen LogP contribution in [0.25, 0.3) is 0 Å². The molecule has 0 aromatic rings. The fourth-order valence-corrected chi connectivity index (χ4v) is 3.07. The summed E-state index contributed by atoms with van der Waals surface area (Å²) in [5.41, 5.74) is 0. The van der Waals surface area contributed by atoms with Gasteiger partial charge in [-0.2, -0.15) is 0 Å². The Hall–Kier alpha value is -0.570. The highest BCUT2D eigenvalue weighted by Gasteiger charge is 2.32. The maximum atomic E-state index is 12.1. The quantitative estimate of drug-likeness (QED) is 0.787. The second-order valence-electron chi connectivity index (χ2n) is 6.22. The number of rotatable bonds is 3. The summed E-state index contributed by atoms with van der Waals surface area (Å²) in [5, 5.41) is 6.51. The zero-order valence-corrected chi connectivity index (χ0v) is 11.3. The highest BCUT2D eigenvalue weighted by Crippen LogP contribution is 2.29. The van der Waals surface area contributed by atoms with E-state index in [0.29, 0.717) is 17.9 Å². The van der Waals surface area contributed by atoms with Crippen molar-refractivity contribution in [3.8, 4) is 0 Å². The molecule has 0 radical (unpaired) electrons. The third kappa shape index (κ3) is 3.01. The third-order valence-corrected chi connectivity index (χ3v) is 4.69. The number of carbonyl (C=O) groups excluding carboxylic acids is 1. The Morgan fingerprint density at radius 3 is 2.53 bits per heavy atom. The lowest BCUT2D eigenvalue weighted by Gasteiger charge is -2.36. The molecule has 0 aromatic carbocycles. The maximum Gasteiger partial charge on any atom is 0.223 e. The third-order valence-electron chi connectivity index (χ3n) is 4.69. The van der Waals surface area contributed by atoms with E-state index in [2.05, 4.69) is 31.4 Å². The molecule has 0 aromatic heterocycles. The van der Waals surface area contributed by atoms with Crippen molar-refractivity contribution in [2.24, 2.45) is 23.7 Å². The number of hydrogen-bond acceptors (Lipinski definition) is 2. The molecule has 98 valence electrons. The highest BCUT2D eigenvalue weighted by molar-refractivity contribution is 5.79. The van der Waals surface area contributed by atoms with Gasteiger partial charge in [-0.25, -0.2) is 0 Å². The van der Waals surface area contributed by atoms with Crippen LogP contribution in [-0.2, 0) is 4.79 Å². The summed E-state index contributed by atoms with van der Waals surface area (Å²) >= 11 is 0. The van der Waals surface area contributed by atoms with E-state index in [9.17, 15) is 4.79 Å². The van der Waals surface area contributed by atoms with E-state index in [0.717, 1.165) is 25.4 Å². The fraction of sp³-hybridized carbons (Fsp3) is 0.929. The van der Waals surface area contributed by atoms with Crippen molar-refractivity contribution in [2.45, 2.75) is 46.1 Å². The minimum absolute atomic E-state index is 0.169. The lowest BCUT2D eigenvalue weighted by molar-refractivity contribution is -0.128. The van der Waals surface area contributed by atoms with E-state index in [1.807, 2.05) is 0 Å². The van der Waals surface area contributed by atoms with Crippen LogP contribution in [0.3, 0.4) is 0 Å². The van der Waals surface area contributed by atoms with Gasteiger partial charge >= 0.3 is 0 Å². The summed E-state index contributed by atoms with van der Waals surface area (Å²) in [6, 6.07) is 0.411. The lowest BCUT2D eigenvalue weighted by Crippen LogP contribution is -2.52. The molecule has 1 aliphatic heterocycles. The summed E-state index contributed by atoms with van der Waals surface area (Å²) in [6.45, 7) is 8.67. The molecule has 4 atom stereocenters. The molecule has 1 aliphatic carbocycles. The van der Waals surface area contributed by atoms with Crippen LogP contribution in [0.4, 0.5) is 0 Å². The summed E-state index contributed by atoms with van der Waals surface area (Å²) < 4.78 is 0. The summed E-state index contributed by atoms with van der Waals surface area (Å²) in [4.78, 5) is 12.1. The minimum atomic E-state index is 0.169. The molecule has 2 N–H and O–H groups in total. The molecule has 3 nitrogen and oxygen atoms in total. The molecule has 1 saturated carbocycles. The predicted octanol–water partition coefficient (Wildman–Crippen LogP) is 1.78. The van der Waals surface area contributed by atoms with Crippen LogP contribution in [0, 0.1) is 23.7 Å². The fourth-order valence-electron chi connectivity index (χ4n) is 3.07. The van der Waals surface area contributed by atoms with Gasteiger partial charge in [0, 0.05) is 12.0 Å². The van der Waals surface area contributed by atoms with Gasteiger partial charge in [-0.3, -0.25) is 4.79 Å². The van der Waals surface area contributed by atoms with Crippen molar-refractivity contribution >= 4 is 5.91 Å². The van der Waals surface area contributed by atoms with Crippen molar-refractivity contribution in [3.05, 3.63) is 0 Å². The van der Waals surface area contributed by atoms with Gasteiger partial charge < -0.3 is 10.6 Å². The van der Waals surface area contributed by atoms with E-state index in [1.165, 1.54) is 12.8 Å². The first-order valence-electron chi connectivity index (χ1n) is 7.09. The second-order valence-corrected chi connectivity index (χ2v) is 6.22. The number of carbonyl (C=O) groups is 1. The second kappa shape index (κ2) is 5.38. The molecule has 2 aliphatic rings. The van der Waals surface area contributed by atoms with Crippen LogP contribution in [0.2, 0.25) is 0 Å². The normalized spacial score (nSPS) is 36.1. The van der Waals surface area contributed by atoms with Crippen LogP contribution in [-0.4, -0.2) is 25.0 Å². The maximum absolute atomic E-state index is 12.1. The Bertz CT molecular complexity index is 275. The molecule has 2 fully saturated rings. The van der Waals surface area contributed by atoms with Gasteiger partial charge in [0.05, 0.1) is 0 Å². The Morgan fingerprint density at radius 2 is 2.00 bits per heavy atom. The number of hydrogen-bond donors (Lipinski definition) is 2. The van der Waals surface area contributed by atoms with Crippen molar-refractivity contribution in [3.63, 3.8) is 0 Å². The van der Waals surface area contributed by atoms with Gasteiger partial charge in [-0.05, 0) is 50.1 Å². The molecule has 1 saturated heterocycles. The lowest BCUT2D eigenvalue weighted by atomic mass is 9.79. The molecule has 2 rings (SSSR count). The van der Waals surface area contributed by atoms with E-state index in [4.69, 9.17) is 0 Å². The monoisotopic (exact) mass is 238 g/mol. The number of amides is 1. The topological polar surface area (TPSA) is 41.1 Å². The van der Waals surface area contributed by atoms with Crippen LogP contribution < -0.4 is 10.6 Å². The average molecular weight is 238 g/mol. The largest absolute Gasteiger partial charge is 0.353 e. The van der Waals surface area contributed by atoms with Gasteiger partial charge in [-0.1, -0.05) is 20.8 Å². The van der Waals surface area contributed by atoms with Crippen molar-refractivity contribution in [1.29, 1.82) is 0 Å². The molecular weight excluding hydrogens is 212 g/mol. The molecule has 0 spiro atoms. The van der Waals surface area contributed by atoms with Gasteiger partial charge in [0.25, 0.3) is 0 Å². The predicted molar refractivity (Wildman–Crippen MR) is 69.6 cm³/mol. The first kappa shape index (κ1) is 12.9. The summed E-state index contributed by atoms with van der Waals surface area (Å²) in [7, 11) is 0. The zero-order chi connectivity index (χ0) is 12.4. The van der Waals surface area contributed by atoms with Crippen LogP contribution in [0.1, 0.15) is 40.0 Å². The van der Waals surface area contributed by atoms with Crippen molar-refractivity contribution < 1.29 is 4.79 Å². The Kier molecular flexibility index (Phi) is 4.08. The summed E-state index contributed by atoms with van der Waals surface area (Å²) in [5.74, 6) is 2.44. The average Bonchev–Trinajstić information content (AvgIpc) is 2.19. The molecule has 3 heteroatoms. The minimum Gasteiger partial charge on any atom is -0.353 e. The van der Waals surface area contributed by atoms with E-state index < -0.39 is 0 Å². The summed E-state index contributed by atoms with van der Waals surface area (Å²) in [6.07, 6.45) is 3.67. The first-order chi connectivity index (χ1) is 8.08. The first-order valence-corrected chi connectivity index (χ1v) is 7.09. The van der Waals surface area contributed by atoms with Gasteiger partial charge in [0.1, 0.15) is 0 Å². The molecule has 17 heavy (non-hydrogen) atoms. The zero-order valence-electron chi connectivity index (χ0n) is 11.3. The van der Waals surface area contributed by atoms with Gasteiger partial charge in [-0.15, -0.1) is 0 Å². The smallest absolute Gasteiger partial charge is 0.223 e. The Morgan fingerprint density at radius 1 is 1.29 bits per heavy atom. The van der Waals surface area contributed by atoms with Crippen LogP contribution >= 0.6 is 0 Å². The van der Waals surface area contributed by atoms with Crippen LogP contribution in [0.15, 0.2) is 0 Å². The molecular formula is C14H26N2O. The van der Waals surface area contributed by atoms with Crippen molar-refractivity contribution in [2.75, 3.05) is 13.1 Å². The molecule has 1 heterocycles.